The molecule has 1 fully saturated rings. The molecule has 1 heterocycles. The van der Waals surface area contributed by atoms with Crippen LogP contribution in [0.5, 0.6) is 0 Å². The summed E-state index contributed by atoms with van der Waals surface area (Å²) in [6.07, 6.45) is 7.64. The fourth-order valence-corrected chi connectivity index (χ4v) is 4.18. The second kappa shape index (κ2) is 15.3. The van der Waals surface area contributed by atoms with E-state index in [9.17, 15) is 5.11 Å². The second-order valence-electron chi connectivity index (χ2n) is 8.40. The van der Waals surface area contributed by atoms with Gasteiger partial charge in [0.2, 0.25) is 0 Å². The van der Waals surface area contributed by atoms with E-state index in [1.165, 1.54) is 6.42 Å². The first-order valence-electron chi connectivity index (χ1n) is 11.5. The van der Waals surface area contributed by atoms with Gasteiger partial charge in [0.1, 0.15) is 0 Å². The van der Waals surface area contributed by atoms with Gasteiger partial charge in [0, 0.05) is 32.8 Å². The minimum Gasteiger partial charge on any atom is -0.396 e. The summed E-state index contributed by atoms with van der Waals surface area (Å²) in [6, 6.07) is 3.33. The number of hydrogen-bond acceptors (Lipinski definition) is 6. The summed E-state index contributed by atoms with van der Waals surface area (Å²) in [5.41, 5.74) is 6.75. The van der Waals surface area contributed by atoms with Gasteiger partial charge < -0.3 is 30.5 Å². The number of rotatable bonds is 15. The summed E-state index contributed by atoms with van der Waals surface area (Å²) < 4.78 is 11.5. The van der Waals surface area contributed by atoms with Gasteiger partial charge in [-0.2, -0.15) is 0 Å². The SMILES string of the molecule is CN1CCOC(CCCCOCCCCCCNCC(O)c2cc(Cl)c(N)c(Cl)c2)C1. The first kappa shape index (κ1) is 26.7. The highest BCUT2D eigenvalue weighted by molar-refractivity contribution is 6.38. The summed E-state index contributed by atoms with van der Waals surface area (Å²) in [6.45, 7) is 5.98. The van der Waals surface area contributed by atoms with Crippen molar-refractivity contribution in [3.8, 4) is 0 Å². The number of ether oxygens (including phenoxy) is 2. The predicted molar refractivity (Wildman–Crippen MR) is 129 cm³/mol. The molecule has 1 aromatic carbocycles. The van der Waals surface area contributed by atoms with E-state index in [1.807, 2.05) is 0 Å². The van der Waals surface area contributed by atoms with Crippen LogP contribution in [-0.2, 0) is 9.47 Å². The number of aliphatic hydroxyl groups excluding tert-OH is 1. The largest absolute Gasteiger partial charge is 0.396 e. The predicted octanol–water partition coefficient (Wildman–Crippen LogP) is 4.28. The van der Waals surface area contributed by atoms with Crippen LogP contribution in [-0.4, -0.2) is 69.2 Å². The molecular formula is C23H39Cl2N3O3. The number of nitrogen functional groups attached to an aromatic ring is 1. The molecular weight excluding hydrogens is 437 g/mol. The Morgan fingerprint density at radius 1 is 1.16 bits per heavy atom. The van der Waals surface area contributed by atoms with Crippen molar-refractivity contribution in [2.45, 2.75) is 57.2 Å². The molecule has 0 spiro atoms. The van der Waals surface area contributed by atoms with Crippen molar-refractivity contribution in [1.82, 2.24) is 10.2 Å². The van der Waals surface area contributed by atoms with Crippen molar-refractivity contribution >= 4 is 28.9 Å². The number of anilines is 1. The Morgan fingerprint density at radius 2 is 1.84 bits per heavy atom. The lowest BCUT2D eigenvalue weighted by atomic mass is 10.1. The number of morpholine rings is 1. The van der Waals surface area contributed by atoms with Crippen LogP contribution in [0.2, 0.25) is 10.0 Å². The molecule has 6 nitrogen and oxygen atoms in total. The summed E-state index contributed by atoms with van der Waals surface area (Å²) in [7, 11) is 2.16. The molecule has 1 saturated heterocycles. The number of nitrogens with zero attached hydrogens (tertiary/aromatic N) is 1. The topological polar surface area (TPSA) is 80.0 Å². The quantitative estimate of drug-likeness (QED) is 0.259. The van der Waals surface area contributed by atoms with Gasteiger partial charge in [0.15, 0.2) is 0 Å². The zero-order valence-corrected chi connectivity index (χ0v) is 20.3. The monoisotopic (exact) mass is 475 g/mol. The Hall–Kier alpha value is -0.600. The Bertz CT molecular complexity index is 613. The number of aliphatic hydroxyl groups is 1. The molecule has 31 heavy (non-hydrogen) atoms. The first-order valence-corrected chi connectivity index (χ1v) is 12.2. The van der Waals surface area contributed by atoms with Gasteiger partial charge in [-0.3, -0.25) is 0 Å². The standard InChI is InChI=1S/C23H39Cl2N3O3/c1-28-10-13-31-19(17-28)8-4-7-12-30-11-6-3-2-5-9-27-16-22(29)18-14-20(24)23(26)21(25)15-18/h14-15,19,22,27,29H,2-13,16-17,26H2,1H3. The molecule has 1 aliphatic rings. The third kappa shape index (κ3) is 10.7. The molecule has 0 bridgehead atoms. The van der Waals surface area contributed by atoms with E-state index in [0.717, 1.165) is 78.0 Å². The molecule has 4 N–H and O–H groups in total. The van der Waals surface area contributed by atoms with Crippen molar-refractivity contribution in [2.24, 2.45) is 0 Å². The fraction of sp³-hybridized carbons (Fsp3) is 0.739. The fourth-order valence-electron chi connectivity index (χ4n) is 3.68. The molecule has 2 rings (SSSR count). The number of unbranched alkanes of at least 4 members (excludes halogenated alkanes) is 4. The van der Waals surface area contributed by atoms with E-state index >= 15 is 0 Å². The van der Waals surface area contributed by atoms with Crippen molar-refractivity contribution in [3.05, 3.63) is 27.7 Å². The van der Waals surface area contributed by atoms with Gasteiger partial charge in [-0.25, -0.2) is 0 Å². The molecule has 0 aromatic heterocycles. The average molecular weight is 476 g/mol. The maximum atomic E-state index is 10.3. The zero-order valence-electron chi connectivity index (χ0n) is 18.8. The Kier molecular flexibility index (Phi) is 13.1. The number of nitrogens with one attached hydrogen (secondary N) is 1. The van der Waals surface area contributed by atoms with Crippen LogP contribution in [0, 0.1) is 0 Å². The minimum absolute atomic E-state index is 0.346. The molecule has 8 heteroatoms. The van der Waals surface area contributed by atoms with Crippen molar-refractivity contribution < 1.29 is 14.6 Å². The van der Waals surface area contributed by atoms with Crippen molar-refractivity contribution in [1.29, 1.82) is 0 Å². The van der Waals surface area contributed by atoms with Crippen LogP contribution >= 0.6 is 23.2 Å². The molecule has 0 amide bonds. The van der Waals surface area contributed by atoms with Gasteiger partial charge >= 0.3 is 0 Å². The van der Waals surface area contributed by atoms with Crippen LogP contribution in [0.3, 0.4) is 0 Å². The van der Waals surface area contributed by atoms with E-state index in [0.29, 0.717) is 33.9 Å². The van der Waals surface area contributed by atoms with E-state index in [4.69, 9.17) is 38.4 Å². The van der Waals surface area contributed by atoms with Gasteiger partial charge in [-0.05, 0) is 63.4 Å². The highest BCUT2D eigenvalue weighted by Gasteiger charge is 2.16. The second-order valence-corrected chi connectivity index (χ2v) is 9.21. The molecule has 178 valence electrons. The third-order valence-electron chi connectivity index (χ3n) is 5.62. The number of nitrogens with two attached hydrogens (primary N) is 1. The number of benzene rings is 1. The van der Waals surface area contributed by atoms with Gasteiger partial charge in [-0.1, -0.05) is 36.0 Å². The van der Waals surface area contributed by atoms with Gasteiger partial charge in [0.25, 0.3) is 0 Å². The zero-order chi connectivity index (χ0) is 22.5. The lowest BCUT2D eigenvalue weighted by molar-refractivity contribution is -0.0250. The molecule has 2 atom stereocenters. The minimum atomic E-state index is -0.658. The van der Waals surface area contributed by atoms with Crippen LogP contribution in [0.15, 0.2) is 12.1 Å². The van der Waals surface area contributed by atoms with E-state index in [2.05, 4.69) is 17.3 Å². The summed E-state index contributed by atoms with van der Waals surface area (Å²) in [5.74, 6) is 0. The summed E-state index contributed by atoms with van der Waals surface area (Å²) in [4.78, 5) is 2.34. The van der Waals surface area contributed by atoms with E-state index < -0.39 is 6.10 Å². The Morgan fingerprint density at radius 3 is 2.55 bits per heavy atom. The Balaban J connectivity index is 1.37. The first-order chi connectivity index (χ1) is 15.0. The lowest BCUT2D eigenvalue weighted by Gasteiger charge is -2.30. The van der Waals surface area contributed by atoms with E-state index in [-0.39, 0.29) is 0 Å². The highest BCUT2D eigenvalue weighted by Crippen LogP contribution is 2.31. The maximum Gasteiger partial charge on any atom is 0.0915 e. The highest BCUT2D eigenvalue weighted by atomic mass is 35.5. The number of hydrogen-bond donors (Lipinski definition) is 3. The summed E-state index contributed by atoms with van der Waals surface area (Å²) in [5, 5.41) is 14.3. The van der Waals surface area contributed by atoms with Crippen LogP contribution in [0.25, 0.3) is 0 Å². The third-order valence-corrected chi connectivity index (χ3v) is 6.25. The lowest BCUT2D eigenvalue weighted by Crippen LogP contribution is -2.39. The number of halogens is 2. The normalized spacial score (nSPS) is 18.4. The van der Waals surface area contributed by atoms with Crippen molar-refractivity contribution in [2.75, 3.05) is 58.8 Å². The van der Waals surface area contributed by atoms with Crippen LogP contribution < -0.4 is 11.1 Å². The Labute approximate surface area is 197 Å². The van der Waals surface area contributed by atoms with E-state index in [1.54, 1.807) is 12.1 Å². The maximum absolute atomic E-state index is 10.3. The average Bonchev–Trinajstić information content (AvgIpc) is 2.74. The molecule has 1 aromatic rings. The molecule has 2 unspecified atom stereocenters. The molecule has 0 aliphatic carbocycles. The number of likely N-dealkylation sites (N-methyl/N-ethyl adjacent to an activating group) is 1. The smallest absolute Gasteiger partial charge is 0.0915 e. The molecule has 0 saturated carbocycles. The van der Waals surface area contributed by atoms with Crippen LogP contribution in [0.1, 0.15) is 56.6 Å². The van der Waals surface area contributed by atoms with Crippen LogP contribution in [0.4, 0.5) is 5.69 Å². The van der Waals surface area contributed by atoms with Gasteiger partial charge in [-0.15, -0.1) is 0 Å². The van der Waals surface area contributed by atoms with Crippen molar-refractivity contribution in [3.63, 3.8) is 0 Å². The molecule has 0 radical (unpaired) electrons. The van der Waals surface area contributed by atoms with Gasteiger partial charge in [0.05, 0.1) is 34.5 Å². The summed E-state index contributed by atoms with van der Waals surface area (Å²) >= 11 is 12.0. The molecule has 1 aliphatic heterocycles.